The van der Waals surface area contributed by atoms with Crippen molar-refractivity contribution in [3.05, 3.63) is 103 Å². The Morgan fingerprint density at radius 2 is 1.74 bits per heavy atom. The molecule has 9 nitrogen and oxygen atoms in total. The first-order chi connectivity index (χ1) is 16.2. The second-order valence-corrected chi connectivity index (χ2v) is 8.12. The number of nitrogens with two attached hydrogens (primary N) is 1. The molecule has 0 unspecified atom stereocenters. The smallest absolute Gasteiger partial charge is 0.333 e. The van der Waals surface area contributed by atoms with Crippen molar-refractivity contribution in [1.82, 2.24) is 9.13 Å². The Morgan fingerprint density at radius 3 is 2.41 bits per heavy atom. The number of fused-ring (bicyclic) bond motifs is 4. The van der Waals surface area contributed by atoms with Crippen molar-refractivity contribution in [2.24, 2.45) is 19.8 Å². The third-order valence-electron chi connectivity index (χ3n) is 6.34. The highest BCUT2D eigenvalue weighted by atomic mass is 19.1. The van der Waals surface area contributed by atoms with Crippen LogP contribution in [-0.4, -0.2) is 15.0 Å². The number of halogens is 1. The van der Waals surface area contributed by atoms with E-state index in [0.29, 0.717) is 16.8 Å². The molecule has 2 N–H and O–H groups in total. The number of hydrogen-bond donors (Lipinski definition) is 1. The number of rotatable bonds is 2. The maximum atomic E-state index is 14.3. The maximum absolute atomic E-state index is 14.3. The third-order valence-corrected chi connectivity index (χ3v) is 6.34. The quantitative estimate of drug-likeness (QED) is 0.613. The maximum Gasteiger partial charge on any atom is 0.333 e. The number of nitriles is 1. The Kier molecular flexibility index (Phi) is 4.48. The Morgan fingerprint density at radius 1 is 1.06 bits per heavy atom. The molecule has 0 fully saturated rings. The largest absolute Gasteiger partial charge is 0.423 e. The molecule has 2 aliphatic heterocycles. The molecule has 1 atom stereocenters. The van der Waals surface area contributed by atoms with Crippen LogP contribution in [0.3, 0.4) is 0 Å². The number of hydrogen-bond acceptors (Lipinski definition) is 6. The van der Waals surface area contributed by atoms with Crippen molar-refractivity contribution in [2.75, 3.05) is 4.90 Å². The van der Waals surface area contributed by atoms with Gasteiger partial charge in [0.05, 0.1) is 6.54 Å². The van der Waals surface area contributed by atoms with E-state index in [1.165, 1.54) is 31.1 Å². The normalized spacial score (nSPS) is 18.5. The summed E-state index contributed by atoms with van der Waals surface area (Å²) in [6.07, 6.45) is 0. The monoisotopic (exact) mass is 459 g/mol. The van der Waals surface area contributed by atoms with E-state index in [9.17, 15) is 24.0 Å². The van der Waals surface area contributed by atoms with Crippen molar-refractivity contribution in [1.29, 1.82) is 5.26 Å². The van der Waals surface area contributed by atoms with Crippen LogP contribution in [0.2, 0.25) is 0 Å². The molecule has 1 spiro atoms. The summed E-state index contributed by atoms with van der Waals surface area (Å²) >= 11 is 0. The second kappa shape index (κ2) is 7.18. The molecule has 1 aromatic heterocycles. The van der Waals surface area contributed by atoms with Crippen LogP contribution in [-0.2, 0) is 30.8 Å². The van der Waals surface area contributed by atoms with Gasteiger partial charge < -0.3 is 15.4 Å². The summed E-state index contributed by atoms with van der Waals surface area (Å²) in [6, 6.07) is 14.4. The van der Waals surface area contributed by atoms with Crippen LogP contribution in [0.5, 0.6) is 5.88 Å². The molecule has 3 heterocycles. The van der Waals surface area contributed by atoms with E-state index < -0.39 is 28.4 Å². The van der Waals surface area contributed by atoms with Gasteiger partial charge in [-0.25, -0.2) is 9.18 Å². The first kappa shape index (κ1) is 21.2. The van der Waals surface area contributed by atoms with Gasteiger partial charge in [-0.2, -0.15) is 5.26 Å². The number of carbonyl (C=O) groups is 1. The average Bonchev–Trinajstić information content (AvgIpc) is 3.06. The third kappa shape index (κ3) is 2.55. The first-order valence-corrected chi connectivity index (χ1v) is 10.3. The lowest BCUT2D eigenvalue weighted by Gasteiger charge is -2.34. The molecule has 10 heteroatoms. The number of ether oxygens (including phenoxy) is 1. The van der Waals surface area contributed by atoms with E-state index in [0.717, 1.165) is 9.13 Å². The molecule has 0 saturated carbocycles. The molecule has 5 rings (SSSR count). The molecule has 3 aromatic rings. The van der Waals surface area contributed by atoms with Crippen LogP contribution in [0.25, 0.3) is 0 Å². The van der Waals surface area contributed by atoms with Crippen molar-refractivity contribution in [3.63, 3.8) is 0 Å². The van der Waals surface area contributed by atoms with Gasteiger partial charge in [0.25, 0.3) is 5.56 Å². The van der Waals surface area contributed by atoms with E-state index in [1.54, 1.807) is 36.4 Å². The Labute approximate surface area is 192 Å². The standard InChI is InChI=1S/C24H18FN5O4/c1-28-20(31)18-21(29(2)23(28)33)34-19(27)16(11-26)24(18)15-5-3-4-6-17(15)30(22(24)32)12-13-7-9-14(25)10-8-13/h3-10H,12,27H2,1-2H3/t24-/m1/s1. The number of nitrogens with zero attached hydrogens (tertiary/aromatic N) is 4. The van der Waals surface area contributed by atoms with Gasteiger partial charge in [-0.1, -0.05) is 30.3 Å². The van der Waals surface area contributed by atoms with Gasteiger partial charge in [-0.05, 0) is 23.8 Å². The molecule has 1 amide bonds. The van der Waals surface area contributed by atoms with Crippen molar-refractivity contribution in [3.8, 4) is 11.9 Å². The zero-order valence-corrected chi connectivity index (χ0v) is 18.2. The van der Waals surface area contributed by atoms with Gasteiger partial charge in [-0.15, -0.1) is 0 Å². The van der Waals surface area contributed by atoms with Crippen LogP contribution < -0.4 is 26.6 Å². The van der Waals surface area contributed by atoms with Crippen LogP contribution >= 0.6 is 0 Å². The van der Waals surface area contributed by atoms with Gasteiger partial charge in [-0.3, -0.25) is 18.7 Å². The fourth-order valence-electron chi connectivity index (χ4n) is 4.74. The summed E-state index contributed by atoms with van der Waals surface area (Å²) in [5, 5.41) is 10.1. The van der Waals surface area contributed by atoms with Crippen LogP contribution in [0, 0.1) is 17.1 Å². The Bertz CT molecular complexity index is 1580. The fourth-order valence-corrected chi connectivity index (χ4v) is 4.74. The molecule has 0 saturated heterocycles. The van der Waals surface area contributed by atoms with Crippen LogP contribution in [0.1, 0.15) is 16.7 Å². The van der Waals surface area contributed by atoms with Crippen molar-refractivity contribution < 1.29 is 13.9 Å². The number of para-hydroxylation sites is 1. The minimum absolute atomic E-state index is 0.0543. The number of anilines is 1. The van der Waals surface area contributed by atoms with E-state index in [-0.39, 0.29) is 29.4 Å². The lowest BCUT2D eigenvalue weighted by molar-refractivity contribution is -0.121. The van der Waals surface area contributed by atoms with E-state index in [4.69, 9.17) is 10.5 Å². The van der Waals surface area contributed by atoms with Gasteiger partial charge in [0.15, 0.2) is 5.41 Å². The Balaban J connectivity index is 1.87. The molecule has 34 heavy (non-hydrogen) atoms. The zero-order chi connectivity index (χ0) is 24.4. The highest BCUT2D eigenvalue weighted by Gasteiger charge is 2.61. The van der Waals surface area contributed by atoms with E-state index in [2.05, 4.69) is 0 Å². The summed E-state index contributed by atoms with van der Waals surface area (Å²) < 4.78 is 21.0. The van der Waals surface area contributed by atoms with E-state index >= 15 is 0 Å². The lowest BCUT2D eigenvalue weighted by Crippen LogP contribution is -2.52. The highest BCUT2D eigenvalue weighted by Crippen LogP contribution is 2.54. The van der Waals surface area contributed by atoms with Crippen molar-refractivity contribution >= 4 is 11.6 Å². The number of aromatic nitrogens is 2. The zero-order valence-electron chi connectivity index (χ0n) is 18.2. The van der Waals surface area contributed by atoms with E-state index in [1.807, 2.05) is 6.07 Å². The summed E-state index contributed by atoms with van der Waals surface area (Å²) in [7, 11) is 2.68. The van der Waals surface area contributed by atoms with Crippen LogP contribution in [0.15, 0.2) is 69.6 Å². The van der Waals surface area contributed by atoms with Gasteiger partial charge in [0.1, 0.15) is 23.0 Å². The molecular weight excluding hydrogens is 441 g/mol. The predicted octanol–water partition coefficient (Wildman–Crippen LogP) is 1.14. The topological polar surface area (TPSA) is 123 Å². The minimum atomic E-state index is -1.91. The van der Waals surface area contributed by atoms with Gasteiger partial charge in [0.2, 0.25) is 17.7 Å². The summed E-state index contributed by atoms with van der Waals surface area (Å²) in [5.74, 6) is -1.59. The molecule has 2 aliphatic rings. The molecule has 0 radical (unpaired) electrons. The number of carbonyl (C=O) groups excluding carboxylic acids is 1. The number of benzene rings is 2. The summed E-state index contributed by atoms with van der Waals surface area (Å²) in [6.45, 7) is 0.0543. The SMILES string of the molecule is Cn1c2c(c(=O)n(C)c1=O)[C@]1(C(=O)N(Cc3ccc(F)cc3)c3ccccc31)C(C#N)=C(N)O2. The first-order valence-electron chi connectivity index (χ1n) is 10.3. The minimum Gasteiger partial charge on any atom is -0.423 e. The van der Waals surface area contributed by atoms with Crippen LogP contribution in [0.4, 0.5) is 10.1 Å². The number of amides is 1. The Hall–Kier alpha value is -4.65. The highest BCUT2D eigenvalue weighted by molar-refractivity contribution is 6.14. The van der Waals surface area contributed by atoms with Gasteiger partial charge >= 0.3 is 5.69 Å². The molecule has 170 valence electrons. The molecule has 2 aromatic carbocycles. The summed E-state index contributed by atoms with van der Waals surface area (Å²) in [4.78, 5) is 41.7. The summed E-state index contributed by atoms with van der Waals surface area (Å²) in [5.41, 5.74) is 3.79. The van der Waals surface area contributed by atoms with Crippen molar-refractivity contribution in [2.45, 2.75) is 12.0 Å². The lowest BCUT2D eigenvalue weighted by atomic mass is 9.69. The molecule has 0 aliphatic carbocycles. The molecule has 0 bridgehead atoms. The van der Waals surface area contributed by atoms with Gasteiger partial charge in [0, 0.05) is 25.3 Å². The predicted molar refractivity (Wildman–Crippen MR) is 119 cm³/mol. The fraction of sp³-hybridized carbons (Fsp3) is 0.167. The average molecular weight is 459 g/mol. The second-order valence-electron chi connectivity index (χ2n) is 8.12. The molecular formula is C24H18FN5O4.